The van der Waals surface area contributed by atoms with Crippen molar-refractivity contribution >= 4 is 23.5 Å². The molecule has 0 bridgehead atoms. The smallest absolute Gasteiger partial charge is 0.325 e. The van der Waals surface area contributed by atoms with E-state index in [2.05, 4.69) is 17.6 Å². The highest BCUT2D eigenvalue weighted by Gasteiger charge is 2.49. The number of rotatable bonds is 8. The predicted octanol–water partition coefficient (Wildman–Crippen LogP) is 3.44. The Bertz CT molecular complexity index is 924. The number of aryl methyl sites for hydroxylation is 1. The van der Waals surface area contributed by atoms with Gasteiger partial charge in [-0.2, -0.15) is 0 Å². The van der Waals surface area contributed by atoms with Crippen molar-refractivity contribution in [2.45, 2.75) is 38.6 Å². The van der Waals surface area contributed by atoms with E-state index in [9.17, 15) is 14.4 Å². The molecule has 1 aliphatic heterocycles. The summed E-state index contributed by atoms with van der Waals surface area (Å²) in [6.07, 6.45) is 3.24. The molecule has 2 N–H and O–H groups in total. The molecule has 0 spiro atoms. The number of amides is 4. The molecule has 0 aromatic heterocycles. The van der Waals surface area contributed by atoms with Gasteiger partial charge >= 0.3 is 6.03 Å². The van der Waals surface area contributed by atoms with Crippen LogP contribution in [0.1, 0.15) is 37.8 Å². The number of carbonyl (C=O) groups is 3. The number of unbranched alkanes of at least 4 members (excludes halogenated alkanes) is 1. The molecule has 3 rings (SSSR count). The number of carbonyl (C=O) groups excluding carboxylic acids is 3. The lowest BCUT2D eigenvalue weighted by molar-refractivity contribution is -0.133. The molecule has 1 aliphatic rings. The lowest BCUT2D eigenvalue weighted by atomic mass is 9.92. The summed E-state index contributed by atoms with van der Waals surface area (Å²) < 4.78 is 5.13. The quantitative estimate of drug-likeness (QED) is 0.654. The molecular weight excluding hydrogens is 382 g/mol. The van der Waals surface area contributed by atoms with E-state index in [1.165, 1.54) is 5.56 Å². The SMILES string of the molecule is CCCCc1ccc(NC(=O)CN2C(=O)NC(C)(c3ccc(OC)cc3)C2=O)cc1. The number of urea groups is 1. The van der Waals surface area contributed by atoms with E-state index in [-0.39, 0.29) is 6.54 Å². The van der Waals surface area contributed by atoms with E-state index in [0.29, 0.717) is 17.0 Å². The lowest BCUT2D eigenvalue weighted by Crippen LogP contribution is -2.42. The highest BCUT2D eigenvalue weighted by Crippen LogP contribution is 2.30. The van der Waals surface area contributed by atoms with Crippen LogP contribution in [0.3, 0.4) is 0 Å². The monoisotopic (exact) mass is 409 g/mol. The molecule has 2 aromatic rings. The second-order valence-corrected chi connectivity index (χ2v) is 7.52. The van der Waals surface area contributed by atoms with E-state index >= 15 is 0 Å². The van der Waals surface area contributed by atoms with Crippen LogP contribution in [0, 0.1) is 0 Å². The fourth-order valence-electron chi connectivity index (χ4n) is 3.44. The van der Waals surface area contributed by atoms with Crippen LogP contribution in [-0.4, -0.2) is 36.4 Å². The zero-order valence-electron chi connectivity index (χ0n) is 17.5. The first kappa shape index (κ1) is 21.4. The number of benzene rings is 2. The van der Waals surface area contributed by atoms with Gasteiger partial charge in [0.2, 0.25) is 5.91 Å². The molecule has 0 aliphatic carbocycles. The Morgan fingerprint density at radius 1 is 1.10 bits per heavy atom. The molecule has 0 radical (unpaired) electrons. The first-order valence-corrected chi connectivity index (χ1v) is 10.0. The summed E-state index contributed by atoms with van der Waals surface area (Å²) in [4.78, 5) is 38.8. The van der Waals surface area contributed by atoms with Crippen LogP contribution in [-0.2, 0) is 21.5 Å². The Kier molecular flexibility index (Phi) is 6.40. The van der Waals surface area contributed by atoms with Crippen LogP contribution < -0.4 is 15.4 Å². The van der Waals surface area contributed by atoms with Crippen molar-refractivity contribution in [2.24, 2.45) is 0 Å². The highest BCUT2D eigenvalue weighted by atomic mass is 16.5. The molecule has 1 fully saturated rings. The van der Waals surface area contributed by atoms with Gasteiger partial charge in [-0.1, -0.05) is 37.6 Å². The van der Waals surface area contributed by atoms with Crippen molar-refractivity contribution in [2.75, 3.05) is 19.0 Å². The summed E-state index contributed by atoms with van der Waals surface area (Å²) in [5, 5.41) is 5.44. The normalized spacial score (nSPS) is 18.3. The summed E-state index contributed by atoms with van der Waals surface area (Å²) in [5.74, 6) is -0.252. The maximum Gasteiger partial charge on any atom is 0.325 e. The molecule has 4 amide bonds. The second kappa shape index (κ2) is 8.98. The maximum atomic E-state index is 13.0. The van der Waals surface area contributed by atoms with E-state index < -0.39 is 23.4 Å². The summed E-state index contributed by atoms with van der Waals surface area (Å²) in [6, 6.07) is 13.9. The molecule has 2 aromatic carbocycles. The molecule has 30 heavy (non-hydrogen) atoms. The Balaban J connectivity index is 1.65. The van der Waals surface area contributed by atoms with Gasteiger partial charge in [-0.05, 0) is 55.2 Å². The minimum Gasteiger partial charge on any atom is -0.497 e. The maximum absolute atomic E-state index is 13.0. The summed E-state index contributed by atoms with van der Waals surface area (Å²) in [6.45, 7) is 3.42. The molecule has 1 unspecified atom stereocenters. The van der Waals surface area contributed by atoms with Crippen LogP contribution in [0.5, 0.6) is 5.75 Å². The first-order valence-electron chi connectivity index (χ1n) is 10.0. The third-order valence-corrected chi connectivity index (χ3v) is 5.30. The third-order valence-electron chi connectivity index (χ3n) is 5.30. The molecule has 158 valence electrons. The Labute approximate surface area is 176 Å². The first-order chi connectivity index (χ1) is 14.4. The number of anilines is 1. The van der Waals surface area contributed by atoms with Crippen LogP contribution in [0.25, 0.3) is 0 Å². The van der Waals surface area contributed by atoms with E-state index in [0.717, 1.165) is 24.2 Å². The summed E-state index contributed by atoms with van der Waals surface area (Å²) >= 11 is 0. The van der Waals surface area contributed by atoms with Crippen LogP contribution in [0.2, 0.25) is 0 Å². The number of nitrogens with zero attached hydrogens (tertiary/aromatic N) is 1. The third kappa shape index (κ3) is 4.45. The molecule has 7 heteroatoms. The number of nitrogens with one attached hydrogen (secondary N) is 2. The fourth-order valence-corrected chi connectivity index (χ4v) is 3.44. The van der Waals surface area contributed by atoms with Crippen LogP contribution in [0.4, 0.5) is 10.5 Å². The van der Waals surface area contributed by atoms with Gasteiger partial charge in [0.15, 0.2) is 0 Å². The second-order valence-electron chi connectivity index (χ2n) is 7.52. The standard InChI is InChI=1S/C23H27N3O4/c1-4-5-6-16-7-11-18(12-8-16)24-20(27)15-26-21(28)23(2,25-22(26)29)17-9-13-19(30-3)14-10-17/h7-14H,4-6,15H2,1-3H3,(H,24,27)(H,25,29). The molecule has 1 saturated heterocycles. The minimum absolute atomic E-state index is 0.353. The molecule has 1 heterocycles. The Morgan fingerprint density at radius 2 is 1.77 bits per heavy atom. The van der Waals surface area contributed by atoms with Gasteiger partial charge in [-0.3, -0.25) is 14.5 Å². The van der Waals surface area contributed by atoms with Crippen LogP contribution in [0.15, 0.2) is 48.5 Å². The number of imide groups is 1. The van der Waals surface area contributed by atoms with E-state index in [1.807, 2.05) is 24.3 Å². The van der Waals surface area contributed by atoms with E-state index in [4.69, 9.17) is 4.74 Å². The van der Waals surface area contributed by atoms with E-state index in [1.54, 1.807) is 38.3 Å². The Hall–Kier alpha value is -3.35. The summed E-state index contributed by atoms with van der Waals surface area (Å²) in [7, 11) is 1.55. The highest BCUT2D eigenvalue weighted by molar-refractivity contribution is 6.10. The van der Waals surface area contributed by atoms with Gasteiger partial charge in [0.1, 0.15) is 17.8 Å². The molecule has 7 nitrogen and oxygen atoms in total. The van der Waals surface area contributed by atoms with Crippen molar-refractivity contribution in [3.63, 3.8) is 0 Å². The lowest BCUT2D eigenvalue weighted by Gasteiger charge is -2.22. The Morgan fingerprint density at radius 3 is 2.37 bits per heavy atom. The van der Waals surface area contributed by atoms with Gasteiger partial charge < -0.3 is 15.4 Å². The molecular formula is C23H27N3O4. The number of ether oxygens (including phenoxy) is 1. The predicted molar refractivity (Wildman–Crippen MR) is 114 cm³/mol. The number of hydrogen-bond acceptors (Lipinski definition) is 4. The fraction of sp³-hybridized carbons (Fsp3) is 0.348. The van der Waals surface area contributed by atoms with Gasteiger partial charge in [0.25, 0.3) is 5.91 Å². The molecule has 1 atom stereocenters. The summed E-state index contributed by atoms with van der Waals surface area (Å²) in [5.41, 5.74) is 1.22. The number of methoxy groups -OCH3 is 1. The van der Waals surface area contributed by atoms with Crippen molar-refractivity contribution in [3.8, 4) is 5.75 Å². The van der Waals surface area contributed by atoms with Gasteiger partial charge in [-0.25, -0.2) is 4.79 Å². The zero-order valence-corrected chi connectivity index (χ0v) is 17.5. The average molecular weight is 409 g/mol. The van der Waals surface area contributed by atoms with Crippen LogP contribution >= 0.6 is 0 Å². The van der Waals surface area contributed by atoms with Gasteiger partial charge in [0, 0.05) is 5.69 Å². The topological polar surface area (TPSA) is 87.7 Å². The van der Waals surface area contributed by atoms with Crippen molar-refractivity contribution < 1.29 is 19.1 Å². The molecule has 0 saturated carbocycles. The number of hydrogen-bond donors (Lipinski definition) is 2. The van der Waals surface area contributed by atoms with Crippen molar-refractivity contribution in [1.29, 1.82) is 0 Å². The van der Waals surface area contributed by atoms with Crippen molar-refractivity contribution in [3.05, 3.63) is 59.7 Å². The van der Waals surface area contributed by atoms with Gasteiger partial charge in [-0.15, -0.1) is 0 Å². The largest absolute Gasteiger partial charge is 0.497 e. The zero-order chi connectivity index (χ0) is 21.7. The van der Waals surface area contributed by atoms with Crippen molar-refractivity contribution in [1.82, 2.24) is 10.2 Å². The van der Waals surface area contributed by atoms with Gasteiger partial charge in [0.05, 0.1) is 7.11 Å². The minimum atomic E-state index is -1.23. The average Bonchev–Trinajstić information content (AvgIpc) is 2.97.